The van der Waals surface area contributed by atoms with Crippen LogP contribution in [0.3, 0.4) is 0 Å². The minimum Gasteiger partial charge on any atom is -0.330 e. The van der Waals surface area contributed by atoms with Crippen LogP contribution < -0.4 is 0 Å². The van der Waals surface area contributed by atoms with Crippen LogP contribution in [-0.2, 0) is 0 Å². The van der Waals surface area contributed by atoms with Crippen LogP contribution in [0.2, 0.25) is 0 Å². The molecule has 2 aromatic heterocycles. The third-order valence-electron chi connectivity index (χ3n) is 2.80. The van der Waals surface area contributed by atoms with Gasteiger partial charge in [-0.05, 0) is 37.5 Å². The number of hydrogen-bond donors (Lipinski definition) is 0. The number of rotatable bonds is 2. The number of hydrogen-bond acceptors (Lipinski definition) is 1. The lowest BCUT2D eigenvalue weighted by molar-refractivity contribution is 0.618. The molecule has 0 saturated carbocycles. The van der Waals surface area contributed by atoms with E-state index in [9.17, 15) is 0 Å². The van der Waals surface area contributed by atoms with Gasteiger partial charge in [-0.25, -0.2) is 4.98 Å². The molecule has 2 aromatic rings. The molecule has 2 rings (SSSR count). The second-order valence-corrected chi connectivity index (χ2v) is 4.65. The minimum atomic E-state index is 0.472. The predicted octanol–water partition coefficient (Wildman–Crippen LogP) is 3.74. The smallest absolute Gasteiger partial charge is 0.140 e. The van der Waals surface area contributed by atoms with Gasteiger partial charge in [0.25, 0.3) is 0 Å². The molecule has 0 aliphatic carbocycles. The van der Waals surface area contributed by atoms with Gasteiger partial charge in [0.15, 0.2) is 0 Å². The third-order valence-corrected chi connectivity index (χ3v) is 2.80. The highest BCUT2D eigenvalue weighted by atomic mass is 15.0. The largest absolute Gasteiger partial charge is 0.330 e. The van der Waals surface area contributed by atoms with E-state index in [1.165, 1.54) is 10.9 Å². The van der Waals surface area contributed by atoms with Crippen molar-refractivity contribution in [3.05, 3.63) is 30.1 Å². The highest BCUT2D eigenvalue weighted by Gasteiger charge is 2.07. The molecular weight excluding hydrogens is 184 g/mol. The summed E-state index contributed by atoms with van der Waals surface area (Å²) in [4.78, 5) is 4.55. The van der Waals surface area contributed by atoms with Gasteiger partial charge in [0, 0.05) is 23.8 Å². The van der Waals surface area contributed by atoms with E-state index in [1.54, 1.807) is 0 Å². The van der Waals surface area contributed by atoms with E-state index in [0.29, 0.717) is 12.0 Å². The topological polar surface area (TPSA) is 17.8 Å². The van der Waals surface area contributed by atoms with Gasteiger partial charge in [-0.3, -0.25) is 0 Å². The van der Waals surface area contributed by atoms with Crippen LogP contribution in [0.1, 0.15) is 45.2 Å². The average Bonchev–Trinajstić information content (AvgIpc) is 2.59. The summed E-state index contributed by atoms with van der Waals surface area (Å²) in [5.74, 6) is 0.546. The first kappa shape index (κ1) is 10.2. The van der Waals surface area contributed by atoms with Gasteiger partial charge in [-0.1, -0.05) is 13.8 Å². The normalized spacial score (nSPS) is 11.9. The van der Waals surface area contributed by atoms with Crippen molar-refractivity contribution in [2.24, 2.45) is 0 Å². The van der Waals surface area contributed by atoms with Crippen LogP contribution in [0.5, 0.6) is 0 Å². The highest BCUT2D eigenvalue weighted by Crippen LogP contribution is 2.22. The van der Waals surface area contributed by atoms with Crippen molar-refractivity contribution < 1.29 is 0 Å². The maximum absolute atomic E-state index is 4.55. The lowest BCUT2D eigenvalue weighted by atomic mass is 10.1. The van der Waals surface area contributed by atoms with Crippen molar-refractivity contribution >= 4 is 11.0 Å². The average molecular weight is 202 g/mol. The van der Waals surface area contributed by atoms with E-state index in [0.717, 1.165) is 5.65 Å². The van der Waals surface area contributed by atoms with Crippen molar-refractivity contribution in [3.8, 4) is 0 Å². The van der Waals surface area contributed by atoms with Crippen LogP contribution in [0, 0.1) is 0 Å². The Bertz CT molecular complexity index is 466. The molecule has 0 N–H and O–H groups in total. The fraction of sp³-hybridized carbons (Fsp3) is 0.462. The van der Waals surface area contributed by atoms with E-state index in [4.69, 9.17) is 0 Å². The van der Waals surface area contributed by atoms with Gasteiger partial charge in [-0.2, -0.15) is 0 Å². The lowest BCUT2D eigenvalue weighted by Gasteiger charge is -2.09. The van der Waals surface area contributed by atoms with Crippen molar-refractivity contribution in [2.45, 2.75) is 39.7 Å². The van der Waals surface area contributed by atoms with E-state index in [1.807, 2.05) is 6.20 Å². The number of aromatic nitrogens is 2. The maximum Gasteiger partial charge on any atom is 0.140 e. The van der Waals surface area contributed by atoms with Crippen LogP contribution in [-0.4, -0.2) is 9.55 Å². The van der Waals surface area contributed by atoms with E-state index >= 15 is 0 Å². The SMILES string of the molecule is CC(C)c1cnc2c(ccn2C(C)C)c1. The predicted molar refractivity (Wildman–Crippen MR) is 64.2 cm³/mol. The molecule has 2 heteroatoms. The summed E-state index contributed by atoms with van der Waals surface area (Å²) in [5, 5.41) is 1.25. The Morgan fingerprint density at radius 3 is 2.53 bits per heavy atom. The Kier molecular flexibility index (Phi) is 2.51. The van der Waals surface area contributed by atoms with E-state index < -0.39 is 0 Å². The zero-order valence-electron chi connectivity index (χ0n) is 9.86. The zero-order valence-corrected chi connectivity index (χ0v) is 9.86. The summed E-state index contributed by atoms with van der Waals surface area (Å²) in [7, 11) is 0. The molecule has 0 spiro atoms. The van der Waals surface area contributed by atoms with Crippen LogP contribution in [0.4, 0.5) is 0 Å². The monoisotopic (exact) mass is 202 g/mol. The van der Waals surface area contributed by atoms with Gasteiger partial charge < -0.3 is 4.57 Å². The Hall–Kier alpha value is -1.31. The minimum absolute atomic E-state index is 0.472. The molecule has 80 valence electrons. The summed E-state index contributed by atoms with van der Waals surface area (Å²) >= 11 is 0. The fourth-order valence-electron chi connectivity index (χ4n) is 1.79. The molecule has 0 saturated heterocycles. The van der Waals surface area contributed by atoms with Gasteiger partial charge >= 0.3 is 0 Å². The van der Waals surface area contributed by atoms with Gasteiger partial charge in [0.1, 0.15) is 5.65 Å². The molecule has 0 radical (unpaired) electrons. The second-order valence-electron chi connectivity index (χ2n) is 4.65. The standard InChI is InChI=1S/C13H18N2/c1-9(2)12-7-11-5-6-15(10(3)4)13(11)14-8-12/h5-10H,1-4H3. The molecular formula is C13H18N2. The van der Waals surface area contributed by atoms with Crippen LogP contribution in [0.25, 0.3) is 11.0 Å². The fourth-order valence-corrected chi connectivity index (χ4v) is 1.79. The van der Waals surface area contributed by atoms with Gasteiger partial charge in [-0.15, -0.1) is 0 Å². The summed E-state index contributed by atoms with van der Waals surface area (Å²) in [6, 6.07) is 4.86. The van der Waals surface area contributed by atoms with Crippen molar-refractivity contribution in [2.75, 3.05) is 0 Å². The molecule has 0 atom stereocenters. The molecule has 0 unspecified atom stereocenters. The molecule has 15 heavy (non-hydrogen) atoms. The van der Waals surface area contributed by atoms with Crippen LogP contribution >= 0.6 is 0 Å². The summed E-state index contributed by atoms with van der Waals surface area (Å²) < 4.78 is 2.21. The Labute approximate surface area is 90.9 Å². The molecule has 2 heterocycles. The molecule has 0 fully saturated rings. The highest BCUT2D eigenvalue weighted by molar-refractivity contribution is 5.76. The molecule has 0 amide bonds. The quantitative estimate of drug-likeness (QED) is 0.725. The summed E-state index contributed by atoms with van der Waals surface area (Å²) in [5.41, 5.74) is 2.40. The van der Waals surface area contributed by atoms with Gasteiger partial charge in [0.2, 0.25) is 0 Å². The first-order valence-electron chi connectivity index (χ1n) is 5.56. The maximum atomic E-state index is 4.55. The molecule has 0 bridgehead atoms. The Morgan fingerprint density at radius 2 is 1.93 bits per heavy atom. The zero-order chi connectivity index (χ0) is 11.0. The summed E-state index contributed by atoms with van der Waals surface area (Å²) in [6.07, 6.45) is 4.11. The van der Waals surface area contributed by atoms with E-state index in [-0.39, 0.29) is 0 Å². The number of fused-ring (bicyclic) bond motifs is 1. The number of nitrogens with zero attached hydrogens (tertiary/aromatic N) is 2. The first-order chi connectivity index (χ1) is 7.09. The van der Waals surface area contributed by atoms with Crippen molar-refractivity contribution in [3.63, 3.8) is 0 Å². The second kappa shape index (κ2) is 3.69. The van der Waals surface area contributed by atoms with E-state index in [2.05, 4.69) is 55.6 Å². The molecule has 0 aliphatic heterocycles. The number of pyridine rings is 1. The Balaban J connectivity index is 2.57. The lowest BCUT2D eigenvalue weighted by Crippen LogP contribution is -2.00. The first-order valence-corrected chi connectivity index (χ1v) is 5.56. The molecule has 0 aliphatic rings. The van der Waals surface area contributed by atoms with Gasteiger partial charge in [0.05, 0.1) is 0 Å². The Morgan fingerprint density at radius 1 is 1.20 bits per heavy atom. The van der Waals surface area contributed by atoms with Crippen molar-refractivity contribution in [1.29, 1.82) is 0 Å². The van der Waals surface area contributed by atoms with Crippen LogP contribution in [0.15, 0.2) is 24.5 Å². The molecule has 0 aromatic carbocycles. The summed E-state index contributed by atoms with van der Waals surface area (Å²) in [6.45, 7) is 8.75. The third kappa shape index (κ3) is 1.76. The van der Waals surface area contributed by atoms with Crippen molar-refractivity contribution in [1.82, 2.24) is 9.55 Å². The molecule has 2 nitrogen and oxygen atoms in total.